The minimum atomic E-state index is -1.47. The monoisotopic (exact) mass is 531 g/mol. The number of rotatable bonds is 10. The van der Waals surface area contributed by atoms with Gasteiger partial charge < -0.3 is 20.3 Å². The molecule has 11 nitrogen and oxygen atoms in total. The van der Waals surface area contributed by atoms with Gasteiger partial charge >= 0.3 is 5.97 Å². The number of carbonyl (C=O) groups is 1. The first-order valence-electron chi connectivity index (χ1n) is 11.5. The van der Waals surface area contributed by atoms with Crippen LogP contribution in [-0.4, -0.2) is 65.0 Å². The van der Waals surface area contributed by atoms with Crippen molar-refractivity contribution in [2.75, 3.05) is 55.4 Å². The molecule has 2 aromatic heterocycles. The molecule has 4 rings (SSSR count). The van der Waals surface area contributed by atoms with Gasteiger partial charge in [0.05, 0.1) is 24.3 Å². The van der Waals surface area contributed by atoms with Crippen LogP contribution in [0.5, 0.6) is 0 Å². The maximum absolute atomic E-state index is 12.2. The molecular weight excluding hydrogens is 502 g/mol. The molecule has 36 heavy (non-hydrogen) atoms. The van der Waals surface area contributed by atoms with Gasteiger partial charge in [0.2, 0.25) is 5.95 Å². The molecule has 0 spiro atoms. The van der Waals surface area contributed by atoms with E-state index in [0.717, 1.165) is 37.6 Å². The third-order valence-corrected chi connectivity index (χ3v) is 7.38. The van der Waals surface area contributed by atoms with E-state index in [1.165, 1.54) is 18.4 Å². The largest absolute Gasteiger partial charge is 0.462 e. The third-order valence-electron chi connectivity index (χ3n) is 5.37. The van der Waals surface area contributed by atoms with Gasteiger partial charge in [0.25, 0.3) is 0 Å². The predicted molar refractivity (Wildman–Crippen MR) is 140 cm³/mol. The van der Waals surface area contributed by atoms with Crippen molar-refractivity contribution in [2.45, 2.75) is 25.3 Å². The molecule has 0 aliphatic carbocycles. The van der Waals surface area contributed by atoms with Gasteiger partial charge in [-0.1, -0.05) is 23.5 Å². The van der Waals surface area contributed by atoms with E-state index in [4.69, 9.17) is 13.9 Å². The summed E-state index contributed by atoms with van der Waals surface area (Å²) in [6, 6.07) is 9.27. The molecule has 0 bridgehead atoms. The maximum Gasteiger partial charge on any atom is 0.350 e. The van der Waals surface area contributed by atoms with Gasteiger partial charge in [-0.15, -0.1) is 0 Å². The first-order chi connectivity index (χ1) is 17.5. The number of nitrogens with one attached hydrogen (secondary N) is 3. The van der Waals surface area contributed by atoms with E-state index in [2.05, 4.69) is 30.8 Å². The van der Waals surface area contributed by atoms with Gasteiger partial charge in [0.1, 0.15) is 16.5 Å². The molecule has 3 N–H and O–H groups in total. The van der Waals surface area contributed by atoms with Crippen molar-refractivity contribution in [3.63, 3.8) is 0 Å². The zero-order valence-electron chi connectivity index (χ0n) is 20.4. The van der Waals surface area contributed by atoms with Crippen LogP contribution in [0, 0.1) is 6.92 Å². The number of aromatic nitrogens is 3. The molecule has 1 aliphatic heterocycles. The normalized spacial score (nSPS) is 14.4. The fourth-order valence-electron chi connectivity index (χ4n) is 3.58. The van der Waals surface area contributed by atoms with Gasteiger partial charge in [0, 0.05) is 38.8 Å². The lowest BCUT2D eigenvalue weighted by Gasteiger charge is -2.28. The van der Waals surface area contributed by atoms with Crippen LogP contribution in [0.25, 0.3) is 0 Å². The van der Waals surface area contributed by atoms with Crippen molar-refractivity contribution in [1.82, 2.24) is 20.3 Å². The van der Waals surface area contributed by atoms with E-state index in [-0.39, 0.29) is 0 Å². The average Bonchev–Trinajstić information content (AvgIpc) is 3.27. The van der Waals surface area contributed by atoms with Gasteiger partial charge in [-0.05, 0) is 31.5 Å². The Balaban J connectivity index is 1.54. The van der Waals surface area contributed by atoms with Crippen molar-refractivity contribution in [2.24, 2.45) is 0 Å². The summed E-state index contributed by atoms with van der Waals surface area (Å²) in [5.41, 5.74) is 1.59. The first-order valence-corrected chi connectivity index (χ1v) is 13.4. The molecule has 3 aromatic rings. The highest BCUT2D eigenvalue weighted by Gasteiger charge is 2.19. The minimum Gasteiger partial charge on any atom is -0.462 e. The zero-order valence-corrected chi connectivity index (χ0v) is 22.0. The number of ether oxygens (including phenoxy) is 1. The molecule has 0 amide bonds. The second kappa shape index (κ2) is 12.2. The number of benzene rings is 1. The lowest BCUT2D eigenvalue weighted by molar-refractivity contribution is 0.0531. The Labute approximate surface area is 216 Å². The van der Waals surface area contributed by atoms with Crippen molar-refractivity contribution >= 4 is 51.1 Å². The van der Waals surface area contributed by atoms with Crippen LogP contribution in [0.3, 0.4) is 0 Å². The number of thiazole rings is 1. The van der Waals surface area contributed by atoms with E-state index in [9.17, 15) is 9.00 Å². The van der Waals surface area contributed by atoms with Crippen LogP contribution in [0.15, 0.2) is 35.2 Å². The van der Waals surface area contributed by atoms with Gasteiger partial charge in [0.15, 0.2) is 16.2 Å². The Kier molecular flexibility index (Phi) is 8.80. The second-order valence-electron chi connectivity index (χ2n) is 7.85. The average molecular weight is 532 g/mol. The van der Waals surface area contributed by atoms with Crippen molar-refractivity contribution < 1.29 is 17.9 Å². The van der Waals surface area contributed by atoms with Crippen molar-refractivity contribution in [3.05, 3.63) is 46.5 Å². The van der Waals surface area contributed by atoms with Crippen LogP contribution in [0.1, 0.15) is 27.9 Å². The van der Waals surface area contributed by atoms with Gasteiger partial charge in [-0.2, -0.15) is 9.97 Å². The van der Waals surface area contributed by atoms with Crippen LogP contribution >= 0.6 is 11.3 Å². The Morgan fingerprint density at radius 3 is 2.64 bits per heavy atom. The lowest BCUT2D eigenvalue weighted by Crippen LogP contribution is -2.44. The second-order valence-corrected chi connectivity index (χ2v) is 10.1. The number of hydrogen-bond acceptors (Lipinski definition) is 12. The summed E-state index contributed by atoms with van der Waals surface area (Å²) < 4.78 is 21.8. The molecule has 0 saturated carbocycles. The van der Waals surface area contributed by atoms with Crippen molar-refractivity contribution in [3.8, 4) is 0 Å². The van der Waals surface area contributed by atoms with E-state index >= 15 is 0 Å². The zero-order chi connectivity index (χ0) is 25.5. The fourth-order valence-corrected chi connectivity index (χ4v) is 4.98. The molecule has 1 aromatic carbocycles. The van der Waals surface area contributed by atoms with E-state index in [1.807, 2.05) is 18.2 Å². The maximum atomic E-state index is 12.2. The molecule has 192 valence electrons. The molecule has 1 saturated heterocycles. The molecule has 1 fully saturated rings. The predicted octanol–water partition coefficient (Wildman–Crippen LogP) is 2.85. The third kappa shape index (κ3) is 6.55. The highest BCUT2D eigenvalue weighted by Crippen LogP contribution is 2.27. The molecule has 1 atom stereocenters. The van der Waals surface area contributed by atoms with Crippen molar-refractivity contribution in [1.29, 1.82) is 0 Å². The SMILES string of the molecule is CCOC(=O)c1sc(Nc2nc(NCc3ccc(S(=O)OC)cc3)cc(N3CCNCC3)n2)nc1C. The summed E-state index contributed by atoms with van der Waals surface area (Å²) >= 11 is -0.256. The van der Waals surface area contributed by atoms with Gasteiger partial charge in [-0.25, -0.2) is 14.0 Å². The molecule has 1 aliphatic rings. The first kappa shape index (κ1) is 25.9. The topological polar surface area (TPSA) is 131 Å². The Bertz CT molecular complexity index is 1210. The van der Waals surface area contributed by atoms with E-state index in [0.29, 0.717) is 45.5 Å². The van der Waals surface area contributed by atoms with E-state index in [1.54, 1.807) is 26.0 Å². The summed E-state index contributed by atoms with van der Waals surface area (Å²) in [5, 5.41) is 10.4. The van der Waals surface area contributed by atoms with Crippen LogP contribution in [0.4, 0.5) is 22.7 Å². The van der Waals surface area contributed by atoms with Crippen LogP contribution in [0.2, 0.25) is 0 Å². The van der Waals surface area contributed by atoms with Crippen LogP contribution in [-0.2, 0) is 26.5 Å². The highest BCUT2D eigenvalue weighted by molar-refractivity contribution is 7.80. The molecule has 13 heteroatoms. The lowest BCUT2D eigenvalue weighted by atomic mass is 10.2. The Hall–Kier alpha value is -3.13. The standard InChI is InChI=1S/C23H29N7O4S2/c1-4-34-21(31)20-15(2)26-23(35-20)29-22-27-18(13-19(28-22)30-11-9-24-10-12-30)25-14-16-5-7-17(8-6-16)36(32)33-3/h5-8,13,24H,4,9-12,14H2,1-3H3,(H2,25,26,27,28,29). The molecular formula is C23H29N7O4S2. The number of carbonyl (C=O) groups excluding carboxylic acids is 1. The summed E-state index contributed by atoms with van der Waals surface area (Å²) in [5.74, 6) is 1.42. The number of hydrogen-bond donors (Lipinski definition) is 3. The molecule has 0 radical (unpaired) electrons. The highest BCUT2D eigenvalue weighted by atomic mass is 32.2. The Morgan fingerprint density at radius 2 is 1.94 bits per heavy atom. The molecule has 3 heterocycles. The number of anilines is 4. The summed E-state index contributed by atoms with van der Waals surface area (Å²) in [7, 11) is 1.41. The minimum absolute atomic E-state index is 0.302. The van der Waals surface area contributed by atoms with E-state index < -0.39 is 17.0 Å². The molecule has 1 unspecified atom stereocenters. The number of aryl methyl sites for hydroxylation is 1. The van der Waals surface area contributed by atoms with Crippen LogP contribution < -0.4 is 20.9 Å². The van der Waals surface area contributed by atoms with Gasteiger partial charge in [-0.3, -0.25) is 9.50 Å². The fraction of sp³-hybridized carbons (Fsp3) is 0.391. The Morgan fingerprint density at radius 1 is 1.19 bits per heavy atom. The summed E-state index contributed by atoms with van der Waals surface area (Å²) in [4.78, 5) is 29.2. The smallest absolute Gasteiger partial charge is 0.350 e. The number of esters is 1. The summed E-state index contributed by atoms with van der Waals surface area (Å²) in [6.45, 7) is 7.77. The number of nitrogens with zero attached hydrogens (tertiary/aromatic N) is 4. The summed E-state index contributed by atoms with van der Waals surface area (Å²) in [6.07, 6.45) is 0. The quantitative estimate of drug-likeness (QED) is 0.334. The number of piperazine rings is 1.